The minimum atomic E-state index is 0.601. The monoisotopic (exact) mass is 378 g/mol. The van der Waals surface area contributed by atoms with Crippen LogP contribution in [0, 0.1) is 0 Å². The van der Waals surface area contributed by atoms with Gasteiger partial charge in [-0.2, -0.15) is 0 Å². The molecular weight excluding hydrogens is 356 g/mol. The lowest BCUT2D eigenvalue weighted by atomic mass is 10.1. The van der Waals surface area contributed by atoms with Gasteiger partial charge in [-0.1, -0.05) is 30.3 Å². The van der Waals surface area contributed by atoms with Gasteiger partial charge in [0.2, 0.25) is 5.65 Å². The van der Waals surface area contributed by atoms with Gasteiger partial charge in [-0.15, -0.1) is 14.8 Å². The number of aromatic nitrogens is 5. The number of ether oxygens (including phenoxy) is 2. The molecule has 0 amide bonds. The highest BCUT2D eigenvalue weighted by molar-refractivity contribution is 5.99. The van der Waals surface area contributed by atoms with Gasteiger partial charge in [0, 0.05) is 17.3 Å². The first-order valence-electron chi connectivity index (χ1n) is 9.39. The lowest BCUT2D eigenvalue weighted by molar-refractivity contribution is 0.287. The zero-order valence-corrected chi connectivity index (χ0v) is 15.9. The molecule has 2 heterocycles. The van der Waals surface area contributed by atoms with E-state index < -0.39 is 0 Å². The maximum absolute atomic E-state index is 5.71. The summed E-state index contributed by atoms with van der Waals surface area (Å²) in [5, 5.41) is 21.6. The smallest absolute Gasteiger partial charge is 0.207 e. The number of nitrogens with zero attached hydrogens (tertiary/aromatic N) is 5. The predicted molar refractivity (Wildman–Crippen MR) is 107 cm³/mol. The summed E-state index contributed by atoms with van der Waals surface area (Å²) in [6.45, 7) is 5.86. The molecule has 0 aliphatic heterocycles. The molecule has 4 aromatic rings. The molecule has 4 rings (SSSR count). The summed E-state index contributed by atoms with van der Waals surface area (Å²) in [6.07, 6.45) is 0.816. The van der Waals surface area contributed by atoms with E-state index in [4.69, 9.17) is 9.47 Å². The first-order valence-corrected chi connectivity index (χ1v) is 9.39. The summed E-state index contributed by atoms with van der Waals surface area (Å²) in [4.78, 5) is 0. The molecule has 144 valence electrons. The highest BCUT2D eigenvalue weighted by Crippen LogP contribution is 2.29. The molecule has 2 aromatic carbocycles. The molecule has 0 bridgehead atoms. The second-order valence-corrected chi connectivity index (χ2v) is 6.21. The van der Waals surface area contributed by atoms with Crippen molar-refractivity contribution in [1.82, 2.24) is 25.3 Å². The number of nitrogens with one attached hydrogen (secondary N) is 1. The van der Waals surface area contributed by atoms with E-state index in [0.717, 1.165) is 40.1 Å². The van der Waals surface area contributed by atoms with Gasteiger partial charge >= 0.3 is 0 Å². The number of tetrazole rings is 1. The SMILES string of the molecule is CCOc1ccc(CCNc2nn3nnnc3c3ccccc23)cc1OCC. The van der Waals surface area contributed by atoms with Crippen molar-refractivity contribution >= 4 is 22.2 Å². The molecular formula is C20H22N6O2. The molecule has 1 N–H and O–H groups in total. The van der Waals surface area contributed by atoms with Crippen LogP contribution in [0.3, 0.4) is 0 Å². The Bertz CT molecular complexity index is 1090. The van der Waals surface area contributed by atoms with E-state index in [1.807, 2.05) is 50.2 Å². The maximum atomic E-state index is 5.71. The Morgan fingerprint density at radius 2 is 1.75 bits per heavy atom. The van der Waals surface area contributed by atoms with E-state index in [0.29, 0.717) is 25.4 Å². The minimum Gasteiger partial charge on any atom is -0.490 e. The Labute approximate surface area is 162 Å². The molecule has 0 saturated heterocycles. The summed E-state index contributed by atoms with van der Waals surface area (Å²) in [5.74, 6) is 2.31. The number of rotatable bonds is 8. The number of hydrogen-bond acceptors (Lipinski definition) is 7. The number of fused-ring (bicyclic) bond motifs is 3. The fourth-order valence-corrected chi connectivity index (χ4v) is 3.15. The summed E-state index contributed by atoms with van der Waals surface area (Å²) in [5.41, 5.74) is 1.81. The molecule has 0 radical (unpaired) electrons. The second kappa shape index (κ2) is 8.08. The van der Waals surface area contributed by atoms with Crippen LogP contribution < -0.4 is 14.8 Å². The zero-order valence-electron chi connectivity index (χ0n) is 15.9. The van der Waals surface area contributed by atoms with E-state index in [1.165, 1.54) is 4.63 Å². The average Bonchev–Trinajstić information content (AvgIpc) is 3.19. The van der Waals surface area contributed by atoms with Gasteiger partial charge in [-0.05, 0) is 48.4 Å². The van der Waals surface area contributed by atoms with Crippen molar-refractivity contribution in [2.75, 3.05) is 25.1 Å². The van der Waals surface area contributed by atoms with Gasteiger partial charge in [0.15, 0.2) is 17.3 Å². The number of hydrogen-bond donors (Lipinski definition) is 1. The van der Waals surface area contributed by atoms with Crippen LogP contribution in [0.4, 0.5) is 5.82 Å². The Hall–Kier alpha value is -3.42. The summed E-state index contributed by atoms with van der Waals surface area (Å²) in [7, 11) is 0. The molecule has 0 atom stereocenters. The molecule has 0 unspecified atom stereocenters. The first-order chi connectivity index (χ1) is 13.8. The van der Waals surface area contributed by atoms with Crippen LogP contribution in [0.25, 0.3) is 16.4 Å². The van der Waals surface area contributed by atoms with Crippen LogP contribution in [-0.4, -0.2) is 45.0 Å². The fourth-order valence-electron chi connectivity index (χ4n) is 3.15. The molecule has 0 saturated carbocycles. The van der Waals surface area contributed by atoms with Crippen LogP contribution in [0.1, 0.15) is 19.4 Å². The van der Waals surface area contributed by atoms with Gasteiger partial charge in [0.05, 0.1) is 13.2 Å². The van der Waals surface area contributed by atoms with Crippen LogP contribution in [0.2, 0.25) is 0 Å². The van der Waals surface area contributed by atoms with Crippen molar-refractivity contribution in [2.24, 2.45) is 0 Å². The van der Waals surface area contributed by atoms with Crippen LogP contribution in [0.5, 0.6) is 11.5 Å². The molecule has 0 fully saturated rings. The normalized spacial score (nSPS) is 11.1. The summed E-state index contributed by atoms with van der Waals surface area (Å²) in [6, 6.07) is 14.0. The minimum absolute atomic E-state index is 0.601. The Kier molecular flexibility index (Phi) is 5.18. The van der Waals surface area contributed by atoms with E-state index in [1.54, 1.807) is 0 Å². The predicted octanol–water partition coefficient (Wildman–Crippen LogP) is 3.12. The summed E-state index contributed by atoms with van der Waals surface area (Å²) < 4.78 is 12.8. The Balaban J connectivity index is 1.53. The average molecular weight is 378 g/mol. The van der Waals surface area contributed by atoms with Crippen LogP contribution in [0.15, 0.2) is 42.5 Å². The van der Waals surface area contributed by atoms with Gasteiger partial charge in [0.25, 0.3) is 0 Å². The van der Waals surface area contributed by atoms with Gasteiger partial charge in [-0.25, -0.2) is 0 Å². The fraction of sp³-hybridized carbons (Fsp3) is 0.300. The van der Waals surface area contributed by atoms with E-state index >= 15 is 0 Å². The third kappa shape index (κ3) is 3.53. The molecule has 0 aliphatic rings. The second-order valence-electron chi connectivity index (χ2n) is 6.21. The van der Waals surface area contributed by atoms with E-state index in [2.05, 4.69) is 32.0 Å². The van der Waals surface area contributed by atoms with Crippen LogP contribution in [-0.2, 0) is 6.42 Å². The van der Waals surface area contributed by atoms with E-state index in [9.17, 15) is 0 Å². The van der Waals surface area contributed by atoms with Crippen molar-refractivity contribution in [3.63, 3.8) is 0 Å². The summed E-state index contributed by atoms with van der Waals surface area (Å²) >= 11 is 0. The van der Waals surface area contributed by atoms with Gasteiger partial charge < -0.3 is 14.8 Å². The highest BCUT2D eigenvalue weighted by Gasteiger charge is 2.11. The molecule has 0 aliphatic carbocycles. The van der Waals surface area contributed by atoms with Gasteiger partial charge in [0.1, 0.15) is 0 Å². The standard InChI is InChI=1S/C20H22N6O2/c1-3-27-17-10-9-14(13-18(17)28-4-2)11-12-21-19-15-7-5-6-8-16(15)20-22-24-25-26(20)23-19/h5-10,13H,3-4,11-12H2,1-2H3,(H,21,23). The van der Waals surface area contributed by atoms with E-state index in [-0.39, 0.29) is 0 Å². The topological polar surface area (TPSA) is 86.5 Å². The number of benzene rings is 2. The van der Waals surface area contributed by atoms with Crippen LogP contribution >= 0.6 is 0 Å². The van der Waals surface area contributed by atoms with Crippen molar-refractivity contribution in [1.29, 1.82) is 0 Å². The Morgan fingerprint density at radius 1 is 0.964 bits per heavy atom. The quantitative estimate of drug-likeness (QED) is 0.504. The van der Waals surface area contributed by atoms with Crippen molar-refractivity contribution in [3.05, 3.63) is 48.0 Å². The molecule has 2 aromatic heterocycles. The van der Waals surface area contributed by atoms with Crippen molar-refractivity contribution in [3.8, 4) is 11.5 Å². The molecule has 28 heavy (non-hydrogen) atoms. The lowest BCUT2D eigenvalue weighted by Crippen LogP contribution is -2.10. The molecule has 0 spiro atoms. The third-order valence-electron chi connectivity index (χ3n) is 4.39. The van der Waals surface area contributed by atoms with Gasteiger partial charge in [-0.3, -0.25) is 0 Å². The number of anilines is 1. The Morgan fingerprint density at radius 3 is 2.57 bits per heavy atom. The third-order valence-corrected chi connectivity index (χ3v) is 4.39. The lowest BCUT2D eigenvalue weighted by Gasteiger charge is -2.13. The zero-order chi connectivity index (χ0) is 19.3. The van der Waals surface area contributed by atoms with Crippen molar-refractivity contribution < 1.29 is 9.47 Å². The molecule has 8 heteroatoms. The van der Waals surface area contributed by atoms with Crippen molar-refractivity contribution in [2.45, 2.75) is 20.3 Å². The molecule has 8 nitrogen and oxygen atoms in total. The maximum Gasteiger partial charge on any atom is 0.207 e. The first kappa shape index (κ1) is 18.0. The largest absolute Gasteiger partial charge is 0.490 e. The highest BCUT2D eigenvalue weighted by atomic mass is 16.5.